The molecular weight excluding hydrogens is 404 g/mol. The molecule has 1 N–H and O–H groups in total. The zero-order valence-electron chi connectivity index (χ0n) is 17.3. The first kappa shape index (κ1) is 20.7. The molecule has 3 heterocycles. The summed E-state index contributed by atoms with van der Waals surface area (Å²) in [5.74, 6) is 0.473. The minimum Gasteiger partial charge on any atom is -0.340 e. The summed E-state index contributed by atoms with van der Waals surface area (Å²) < 4.78 is 0. The second-order valence-corrected chi connectivity index (χ2v) is 8.60. The van der Waals surface area contributed by atoms with Crippen LogP contribution in [-0.4, -0.2) is 89.5 Å². The zero-order chi connectivity index (χ0) is 21.4. The van der Waals surface area contributed by atoms with Crippen molar-refractivity contribution in [3.05, 3.63) is 47.0 Å². The number of likely N-dealkylation sites (N-methyl/N-ethyl adjacent to an activating group) is 1. The maximum absolute atomic E-state index is 12.6. The van der Waals surface area contributed by atoms with Crippen LogP contribution in [0.4, 0.5) is 4.79 Å². The molecule has 4 rings (SSSR count). The van der Waals surface area contributed by atoms with Crippen LogP contribution < -0.4 is 5.32 Å². The van der Waals surface area contributed by atoms with Gasteiger partial charge in [-0.15, -0.1) is 0 Å². The Labute approximate surface area is 181 Å². The molecule has 9 heteroatoms. The number of guanidine groups is 1. The first-order valence-electron chi connectivity index (χ1n) is 10.1. The molecule has 0 aliphatic carbocycles. The quantitative estimate of drug-likeness (QED) is 0.734. The number of nitrogens with zero attached hydrogens (tertiary/aromatic N) is 5. The van der Waals surface area contributed by atoms with Gasteiger partial charge in [0.2, 0.25) is 0 Å². The second-order valence-electron chi connectivity index (χ2n) is 8.17. The first-order valence-corrected chi connectivity index (χ1v) is 10.5. The second kappa shape index (κ2) is 8.28. The van der Waals surface area contributed by atoms with E-state index in [1.54, 1.807) is 7.05 Å². The maximum atomic E-state index is 12.6. The highest BCUT2D eigenvalue weighted by molar-refractivity contribution is 6.30. The van der Waals surface area contributed by atoms with Crippen LogP contribution in [-0.2, 0) is 11.3 Å². The van der Waals surface area contributed by atoms with Gasteiger partial charge in [0.25, 0.3) is 5.91 Å². The van der Waals surface area contributed by atoms with E-state index in [1.807, 2.05) is 24.0 Å². The standard InChI is InChI=1S/C21H27ClN6O2/c1-14(2)12-28-17-18(25(3)21(30)24-19(17)29)23-20(28)27-10-8-26(9-11-27)13-15-4-6-16(22)7-5-15/h4-7,17-18H,1,8-13H2,2-3H3,(H,24,29,30). The minimum absolute atomic E-state index is 0.301. The molecule has 160 valence electrons. The predicted octanol–water partition coefficient (Wildman–Crippen LogP) is 1.58. The fourth-order valence-corrected chi connectivity index (χ4v) is 4.31. The molecule has 2 atom stereocenters. The number of aliphatic imine (C=N–C) groups is 1. The van der Waals surface area contributed by atoms with E-state index in [9.17, 15) is 9.59 Å². The molecule has 8 nitrogen and oxygen atoms in total. The maximum Gasteiger partial charge on any atom is 0.325 e. The van der Waals surface area contributed by atoms with Crippen molar-refractivity contribution in [2.24, 2.45) is 4.99 Å². The van der Waals surface area contributed by atoms with Crippen LogP contribution in [0.2, 0.25) is 5.02 Å². The Morgan fingerprint density at radius 3 is 2.50 bits per heavy atom. The Balaban J connectivity index is 1.47. The van der Waals surface area contributed by atoms with E-state index in [2.05, 4.69) is 33.8 Å². The number of halogens is 1. The van der Waals surface area contributed by atoms with Gasteiger partial charge in [-0.3, -0.25) is 15.0 Å². The van der Waals surface area contributed by atoms with E-state index in [1.165, 1.54) is 10.5 Å². The van der Waals surface area contributed by atoms with Gasteiger partial charge in [0.15, 0.2) is 18.2 Å². The number of hydrogen-bond donors (Lipinski definition) is 1. The average molecular weight is 431 g/mol. The van der Waals surface area contributed by atoms with Crippen molar-refractivity contribution in [2.45, 2.75) is 25.7 Å². The van der Waals surface area contributed by atoms with Crippen molar-refractivity contribution in [3.63, 3.8) is 0 Å². The number of imide groups is 1. The molecule has 3 amide bonds. The number of hydrogen-bond acceptors (Lipinski definition) is 6. The number of fused-ring (bicyclic) bond motifs is 1. The molecule has 2 fully saturated rings. The lowest BCUT2D eigenvalue weighted by atomic mass is 10.1. The van der Waals surface area contributed by atoms with E-state index in [-0.39, 0.29) is 5.91 Å². The smallest absolute Gasteiger partial charge is 0.325 e. The number of piperazine rings is 1. The van der Waals surface area contributed by atoms with E-state index in [4.69, 9.17) is 16.6 Å². The van der Waals surface area contributed by atoms with Crippen LogP contribution in [0.1, 0.15) is 12.5 Å². The molecule has 0 spiro atoms. The molecule has 2 saturated heterocycles. The minimum atomic E-state index is -0.522. The van der Waals surface area contributed by atoms with Crippen molar-refractivity contribution in [1.29, 1.82) is 0 Å². The number of carbonyl (C=O) groups excluding carboxylic acids is 2. The Morgan fingerprint density at radius 2 is 1.87 bits per heavy atom. The van der Waals surface area contributed by atoms with Gasteiger partial charge in [0.05, 0.1) is 0 Å². The van der Waals surface area contributed by atoms with Crippen LogP contribution >= 0.6 is 11.6 Å². The van der Waals surface area contributed by atoms with Gasteiger partial charge in [-0.25, -0.2) is 9.79 Å². The van der Waals surface area contributed by atoms with Gasteiger partial charge < -0.3 is 14.7 Å². The molecule has 0 bridgehead atoms. The summed E-state index contributed by atoms with van der Waals surface area (Å²) >= 11 is 5.98. The molecule has 2 unspecified atom stereocenters. The third kappa shape index (κ3) is 4.02. The summed E-state index contributed by atoms with van der Waals surface area (Å²) in [6.07, 6.45) is -0.507. The summed E-state index contributed by atoms with van der Waals surface area (Å²) in [4.78, 5) is 37.6. The topological polar surface area (TPSA) is 71.5 Å². The van der Waals surface area contributed by atoms with Crippen LogP contribution in [0.25, 0.3) is 0 Å². The van der Waals surface area contributed by atoms with Crippen LogP contribution in [0.15, 0.2) is 41.4 Å². The van der Waals surface area contributed by atoms with Gasteiger partial charge in [-0.05, 0) is 24.6 Å². The molecule has 30 heavy (non-hydrogen) atoms. The fourth-order valence-electron chi connectivity index (χ4n) is 4.19. The Kier molecular flexibility index (Phi) is 5.71. The highest BCUT2D eigenvalue weighted by Crippen LogP contribution is 2.26. The number of benzene rings is 1. The van der Waals surface area contributed by atoms with Crippen molar-refractivity contribution >= 4 is 29.5 Å². The summed E-state index contributed by atoms with van der Waals surface area (Å²) in [6.45, 7) is 10.7. The predicted molar refractivity (Wildman–Crippen MR) is 116 cm³/mol. The highest BCUT2D eigenvalue weighted by Gasteiger charge is 2.49. The largest absolute Gasteiger partial charge is 0.340 e. The van der Waals surface area contributed by atoms with E-state index in [0.29, 0.717) is 6.54 Å². The number of rotatable bonds is 4. The van der Waals surface area contributed by atoms with Crippen LogP contribution in [0.3, 0.4) is 0 Å². The first-order chi connectivity index (χ1) is 14.3. The number of amides is 3. The number of nitrogens with one attached hydrogen (secondary N) is 1. The average Bonchev–Trinajstić information content (AvgIpc) is 3.08. The highest BCUT2D eigenvalue weighted by atomic mass is 35.5. The lowest BCUT2D eigenvalue weighted by Crippen LogP contribution is -2.64. The molecule has 0 aromatic heterocycles. The Bertz CT molecular complexity index is 878. The molecule has 3 aliphatic rings. The summed E-state index contributed by atoms with van der Waals surface area (Å²) in [7, 11) is 1.68. The summed E-state index contributed by atoms with van der Waals surface area (Å²) in [5.41, 5.74) is 2.18. The SMILES string of the molecule is C=C(C)CN1C(N2CCN(Cc3ccc(Cl)cc3)CC2)=NC2C1C(=O)NC(=O)N2C. The van der Waals surface area contributed by atoms with Crippen LogP contribution in [0, 0.1) is 0 Å². The molecular formula is C21H27ClN6O2. The lowest BCUT2D eigenvalue weighted by Gasteiger charge is -2.40. The Hall–Kier alpha value is -2.58. The monoisotopic (exact) mass is 430 g/mol. The molecule has 3 aliphatic heterocycles. The van der Waals surface area contributed by atoms with E-state index in [0.717, 1.165) is 49.3 Å². The molecule has 0 radical (unpaired) electrons. The van der Waals surface area contributed by atoms with Crippen LogP contribution in [0.5, 0.6) is 0 Å². The van der Waals surface area contributed by atoms with Gasteiger partial charge in [-0.1, -0.05) is 35.9 Å². The summed E-state index contributed by atoms with van der Waals surface area (Å²) in [6, 6.07) is 7.02. The van der Waals surface area contributed by atoms with Crippen molar-refractivity contribution in [1.82, 2.24) is 24.9 Å². The normalized spacial score (nSPS) is 24.6. The van der Waals surface area contributed by atoms with Crippen molar-refractivity contribution < 1.29 is 9.59 Å². The van der Waals surface area contributed by atoms with Gasteiger partial charge in [-0.2, -0.15) is 0 Å². The number of carbonyl (C=O) groups is 2. The number of urea groups is 1. The van der Waals surface area contributed by atoms with E-state index < -0.39 is 18.2 Å². The summed E-state index contributed by atoms with van der Waals surface area (Å²) in [5, 5.41) is 3.18. The van der Waals surface area contributed by atoms with Gasteiger partial charge >= 0.3 is 6.03 Å². The zero-order valence-corrected chi connectivity index (χ0v) is 18.1. The van der Waals surface area contributed by atoms with E-state index >= 15 is 0 Å². The molecule has 1 aromatic carbocycles. The third-order valence-corrected chi connectivity index (χ3v) is 6.01. The molecule has 0 saturated carbocycles. The van der Waals surface area contributed by atoms with Crippen molar-refractivity contribution in [3.8, 4) is 0 Å². The third-order valence-electron chi connectivity index (χ3n) is 5.75. The van der Waals surface area contributed by atoms with Crippen molar-refractivity contribution in [2.75, 3.05) is 39.8 Å². The molecule has 1 aromatic rings. The van der Waals surface area contributed by atoms with Gasteiger partial charge in [0, 0.05) is 51.3 Å². The van der Waals surface area contributed by atoms with Gasteiger partial charge in [0.1, 0.15) is 0 Å². The Morgan fingerprint density at radius 1 is 1.20 bits per heavy atom. The fraction of sp³-hybridized carbons (Fsp3) is 0.476. The lowest BCUT2D eigenvalue weighted by molar-refractivity contribution is -0.127.